The summed E-state index contributed by atoms with van der Waals surface area (Å²) in [4.78, 5) is 28.0. The maximum absolute atomic E-state index is 13.2. The van der Waals surface area contributed by atoms with Gasteiger partial charge >= 0.3 is 0 Å². The Kier molecular flexibility index (Phi) is 5.13. The number of aromatic amines is 2. The van der Waals surface area contributed by atoms with Crippen molar-refractivity contribution < 1.29 is 4.79 Å². The highest BCUT2D eigenvalue weighted by Crippen LogP contribution is 2.23. The Morgan fingerprint density at radius 2 is 1.88 bits per heavy atom. The molecule has 6 nitrogen and oxygen atoms in total. The van der Waals surface area contributed by atoms with Crippen molar-refractivity contribution in [2.24, 2.45) is 0 Å². The van der Waals surface area contributed by atoms with Crippen LogP contribution >= 0.6 is 0 Å². The first-order valence-corrected chi connectivity index (χ1v) is 8.88. The normalized spacial score (nSPS) is 11.5. The van der Waals surface area contributed by atoms with E-state index in [2.05, 4.69) is 33.7 Å². The van der Waals surface area contributed by atoms with Crippen molar-refractivity contribution >= 4 is 16.8 Å². The number of carbonyl (C=O) groups is 1. The van der Waals surface area contributed by atoms with Crippen LogP contribution in [-0.4, -0.2) is 57.8 Å². The Morgan fingerprint density at radius 1 is 1.12 bits per heavy atom. The molecule has 0 bridgehead atoms. The van der Waals surface area contributed by atoms with Gasteiger partial charge in [0.25, 0.3) is 5.91 Å². The maximum Gasteiger partial charge on any atom is 0.254 e. The number of hydrogen-bond acceptors (Lipinski definition) is 3. The number of nitrogens with zero attached hydrogens (tertiary/aromatic N) is 3. The fraction of sp³-hybridized carbons (Fsp3) is 0.400. The fourth-order valence-corrected chi connectivity index (χ4v) is 3.08. The smallest absolute Gasteiger partial charge is 0.254 e. The molecule has 1 aromatic carbocycles. The van der Waals surface area contributed by atoms with Crippen molar-refractivity contribution in [3.8, 4) is 0 Å². The van der Waals surface area contributed by atoms with E-state index < -0.39 is 0 Å². The number of fused-ring (bicyclic) bond motifs is 1. The van der Waals surface area contributed by atoms with E-state index in [-0.39, 0.29) is 5.91 Å². The van der Waals surface area contributed by atoms with Crippen LogP contribution in [0.15, 0.2) is 24.5 Å². The summed E-state index contributed by atoms with van der Waals surface area (Å²) in [5.41, 5.74) is 6.02. The van der Waals surface area contributed by atoms with Gasteiger partial charge in [-0.05, 0) is 58.6 Å². The Labute approximate surface area is 154 Å². The van der Waals surface area contributed by atoms with E-state index in [1.807, 2.05) is 44.1 Å². The van der Waals surface area contributed by atoms with Crippen molar-refractivity contribution in [1.82, 2.24) is 24.8 Å². The SMILES string of the molecule is Cc1[nH]cnc1CN(CCN(C)C)C(=O)c1ccc2[nH]c(C)c(C)c2c1. The summed E-state index contributed by atoms with van der Waals surface area (Å²) in [5.74, 6) is 0.0365. The van der Waals surface area contributed by atoms with Crippen molar-refractivity contribution in [2.75, 3.05) is 27.2 Å². The molecule has 6 heteroatoms. The van der Waals surface area contributed by atoms with Gasteiger partial charge in [-0.15, -0.1) is 0 Å². The van der Waals surface area contributed by atoms with Gasteiger partial charge in [0.2, 0.25) is 0 Å². The average Bonchev–Trinajstić information content (AvgIpc) is 3.14. The topological polar surface area (TPSA) is 68.0 Å². The standard InChI is InChI=1S/C20H27N5O/c1-13-14(2)23-18-7-6-16(10-17(13)18)20(26)25(9-8-24(4)5)11-19-15(3)21-12-22-19/h6-7,10,12,23H,8-9,11H2,1-5H3,(H,21,22). The summed E-state index contributed by atoms with van der Waals surface area (Å²) in [6.07, 6.45) is 1.68. The lowest BCUT2D eigenvalue weighted by Gasteiger charge is -2.24. The van der Waals surface area contributed by atoms with Gasteiger partial charge in [0.1, 0.15) is 0 Å². The lowest BCUT2D eigenvalue weighted by molar-refractivity contribution is 0.0730. The molecule has 2 N–H and O–H groups in total. The predicted octanol–water partition coefficient (Wildman–Crippen LogP) is 3.02. The highest BCUT2D eigenvalue weighted by Gasteiger charge is 2.19. The highest BCUT2D eigenvalue weighted by molar-refractivity contribution is 5.99. The van der Waals surface area contributed by atoms with E-state index in [1.165, 1.54) is 5.56 Å². The van der Waals surface area contributed by atoms with E-state index in [0.717, 1.165) is 34.5 Å². The molecule has 0 aliphatic rings. The minimum absolute atomic E-state index is 0.0365. The van der Waals surface area contributed by atoms with Gasteiger partial charge in [-0.25, -0.2) is 4.98 Å². The van der Waals surface area contributed by atoms with Crippen LogP contribution in [0, 0.1) is 20.8 Å². The molecule has 0 aliphatic carbocycles. The number of hydrogen-bond donors (Lipinski definition) is 2. The molecule has 138 valence electrons. The molecule has 0 saturated heterocycles. The van der Waals surface area contributed by atoms with Crippen LogP contribution in [0.4, 0.5) is 0 Å². The molecule has 0 saturated carbocycles. The zero-order valence-corrected chi connectivity index (χ0v) is 16.2. The molecule has 0 radical (unpaired) electrons. The molecule has 0 aliphatic heterocycles. The summed E-state index contributed by atoms with van der Waals surface area (Å²) < 4.78 is 0. The summed E-state index contributed by atoms with van der Waals surface area (Å²) in [7, 11) is 4.03. The number of amides is 1. The molecule has 0 fully saturated rings. The van der Waals surface area contributed by atoms with E-state index >= 15 is 0 Å². The van der Waals surface area contributed by atoms with Crippen LogP contribution < -0.4 is 0 Å². The minimum Gasteiger partial charge on any atom is -0.358 e. The van der Waals surface area contributed by atoms with Crippen LogP contribution in [0.1, 0.15) is 33.0 Å². The molecular weight excluding hydrogens is 326 g/mol. The number of nitrogens with one attached hydrogen (secondary N) is 2. The van der Waals surface area contributed by atoms with E-state index in [1.54, 1.807) is 6.33 Å². The molecular formula is C20H27N5O. The zero-order valence-electron chi connectivity index (χ0n) is 16.2. The van der Waals surface area contributed by atoms with Crippen LogP contribution in [0.3, 0.4) is 0 Å². The lowest BCUT2D eigenvalue weighted by Crippen LogP contribution is -2.36. The Bertz CT molecular complexity index is 922. The number of imidazole rings is 1. The van der Waals surface area contributed by atoms with E-state index in [9.17, 15) is 4.79 Å². The lowest BCUT2D eigenvalue weighted by atomic mass is 10.1. The Hall–Kier alpha value is -2.60. The number of aryl methyl sites for hydroxylation is 3. The average molecular weight is 353 g/mol. The first kappa shape index (κ1) is 18.2. The fourth-order valence-electron chi connectivity index (χ4n) is 3.08. The first-order valence-electron chi connectivity index (χ1n) is 8.88. The van der Waals surface area contributed by atoms with Crippen LogP contribution in [0.25, 0.3) is 10.9 Å². The quantitative estimate of drug-likeness (QED) is 0.716. The second-order valence-electron chi connectivity index (χ2n) is 7.14. The molecule has 0 spiro atoms. The Balaban J connectivity index is 1.90. The number of carbonyl (C=O) groups excluding carboxylic acids is 1. The molecule has 2 heterocycles. The van der Waals surface area contributed by atoms with Crippen molar-refractivity contribution in [3.63, 3.8) is 0 Å². The van der Waals surface area contributed by atoms with Crippen molar-refractivity contribution in [2.45, 2.75) is 27.3 Å². The number of H-pyrrole nitrogens is 2. The van der Waals surface area contributed by atoms with Gasteiger partial charge in [-0.3, -0.25) is 4.79 Å². The number of benzene rings is 1. The first-order chi connectivity index (χ1) is 12.4. The van der Waals surface area contributed by atoms with Gasteiger partial charge < -0.3 is 19.8 Å². The molecule has 3 rings (SSSR count). The van der Waals surface area contributed by atoms with Crippen LogP contribution in [0.2, 0.25) is 0 Å². The van der Waals surface area contributed by atoms with Gasteiger partial charge in [-0.1, -0.05) is 0 Å². The minimum atomic E-state index is 0.0365. The molecule has 2 aromatic heterocycles. The third kappa shape index (κ3) is 3.65. The molecule has 3 aromatic rings. The molecule has 0 atom stereocenters. The molecule has 26 heavy (non-hydrogen) atoms. The second-order valence-corrected chi connectivity index (χ2v) is 7.14. The summed E-state index contributed by atoms with van der Waals surface area (Å²) in [6, 6.07) is 5.89. The van der Waals surface area contributed by atoms with Crippen LogP contribution in [0.5, 0.6) is 0 Å². The largest absolute Gasteiger partial charge is 0.358 e. The van der Waals surface area contributed by atoms with E-state index in [0.29, 0.717) is 18.7 Å². The number of likely N-dealkylation sites (N-methyl/N-ethyl adjacent to an activating group) is 1. The monoisotopic (exact) mass is 353 g/mol. The predicted molar refractivity (Wildman–Crippen MR) is 104 cm³/mol. The van der Waals surface area contributed by atoms with Crippen molar-refractivity contribution in [3.05, 3.63) is 52.7 Å². The zero-order chi connectivity index (χ0) is 18.8. The van der Waals surface area contributed by atoms with Crippen LogP contribution in [-0.2, 0) is 6.54 Å². The van der Waals surface area contributed by atoms with Crippen molar-refractivity contribution in [1.29, 1.82) is 0 Å². The number of rotatable bonds is 6. The summed E-state index contributed by atoms with van der Waals surface area (Å²) >= 11 is 0. The Morgan fingerprint density at radius 3 is 2.54 bits per heavy atom. The van der Waals surface area contributed by atoms with Gasteiger partial charge in [-0.2, -0.15) is 0 Å². The molecule has 1 amide bonds. The number of aromatic nitrogens is 3. The third-order valence-electron chi connectivity index (χ3n) is 4.93. The van der Waals surface area contributed by atoms with E-state index in [4.69, 9.17) is 0 Å². The highest BCUT2D eigenvalue weighted by atomic mass is 16.2. The maximum atomic E-state index is 13.2. The summed E-state index contributed by atoms with van der Waals surface area (Å²) in [6.45, 7) is 8.08. The van der Waals surface area contributed by atoms with Gasteiger partial charge in [0.15, 0.2) is 0 Å². The third-order valence-corrected chi connectivity index (χ3v) is 4.93. The second kappa shape index (κ2) is 7.33. The summed E-state index contributed by atoms with van der Waals surface area (Å²) in [5, 5.41) is 1.11. The molecule has 0 unspecified atom stereocenters. The van der Waals surface area contributed by atoms with Gasteiger partial charge in [0.05, 0.1) is 18.6 Å². The van der Waals surface area contributed by atoms with Gasteiger partial charge in [0, 0.05) is 40.9 Å².